The van der Waals surface area contributed by atoms with E-state index in [9.17, 15) is 4.79 Å². The van der Waals surface area contributed by atoms with Crippen LogP contribution in [-0.2, 0) is 4.79 Å². The molecule has 0 saturated heterocycles. The van der Waals surface area contributed by atoms with Crippen molar-refractivity contribution in [3.63, 3.8) is 0 Å². The van der Waals surface area contributed by atoms with Crippen LogP contribution in [0.1, 0.15) is 70.2 Å². The number of rotatable bonds is 1. The lowest BCUT2D eigenvalue weighted by molar-refractivity contribution is -0.120. The maximum absolute atomic E-state index is 12.5. The highest BCUT2D eigenvalue weighted by atomic mass is 16.2. The maximum Gasteiger partial charge on any atom is 0.257 e. The molecular formula is C19H31N3O. The first-order chi connectivity index (χ1) is 11.1. The van der Waals surface area contributed by atoms with Gasteiger partial charge in [0.2, 0.25) is 0 Å². The summed E-state index contributed by atoms with van der Waals surface area (Å²) in [5.41, 5.74) is 4.18. The van der Waals surface area contributed by atoms with Crippen LogP contribution in [0.15, 0.2) is 11.2 Å². The van der Waals surface area contributed by atoms with Crippen LogP contribution in [0, 0.1) is 26.7 Å². The molecule has 4 heteroatoms. The zero-order chi connectivity index (χ0) is 17.6. The van der Waals surface area contributed by atoms with Crippen molar-refractivity contribution >= 4 is 17.4 Å². The molecule has 3 rings (SSSR count). The van der Waals surface area contributed by atoms with Crippen molar-refractivity contribution in [2.24, 2.45) is 11.0 Å². The van der Waals surface area contributed by atoms with Gasteiger partial charge in [0.15, 0.2) is 5.82 Å². The van der Waals surface area contributed by atoms with Crippen LogP contribution >= 0.6 is 0 Å². The molecule has 128 valence electrons. The zero-order valence-corrected chi connectivity index (χ0v) is 15.7. The van der Waals surface area contributed by atoms with Gasteiger partial charge in [-0.15, -0.1) is 0 Å². The van der Waals surface area contributed by atoms with Gasteiger partial charge in [0.25, 0.3) is 5.91 Å². The van der Waals surface area contributed by atoms with Gasteiger partial charge in [-0.1, -0.05) is 40.2 Å². The number of hydrogen-bond donors (Lipinski definition) is 0. The van der Waals surface area contributed by atoms with E-state index in [0.717, 1.165) is 48.2 Å². The average Bonchev–Trinajstić information content (AvgIpc) is 2.92. The lowest BCUT2D eigenvalue weighted by Gasteiger charge is -2.18. The topological polar surface area (TPSA) is 45.6 Å². The second-order valence-corrected chi connectivity index (χ2v) is 5.57. The minimum atomic E-state index is 0.0107. The number of nitrogens with zero attached hydrogens (tertiary/aromatic N) is 3. The number of carbonyl (C=O) groups excluding carboxylic acids is 1. The van der Waals surface area contributed by atoms with Gasteiger partial charge in [-0.2, -0.15) is 10.1 Å². The van der Waals surface area contributed by atoms with Gasteiger partial charge in [-0.25, -0.2) is 4.98 Å². The third-order valence-electron chi connectivity index (χ3n) is 4.14. The largest absolute Gasteiger partial charge is 0.272 e. The molecule has 1 aliphatic heterocycles. The number of fused-ring (bicyclic) bond motifs is 1. The quantitative estimate of drug-likeness (QED) is 0.735. The van der Waals surface area contributed by atoms with Crippen LogP contribution in [0.4, 0.5) is 5.82 Å². The van der Waals surface area contributed by atoms with Crippen molar-refractivity contribution in [1.29, 1.82) is 0 Å². The summed E-state index contributed by atoms with van der Waals surface area (Å²) in [6.45, 7) is 14.0. The summed E-state index contributed by atoms with van der Waals surface area (Å²) < 4.78 is 0. The number of hydrazone groups is 1. The van der Waals surface area contributed by atoms with Gasteiger partial charge >= 0.3 is 0 Å². The molecule has 1 fully saturated rings. The smallest absolute Gasteiger partial charge is 0.257 e. The second-order valence-electron chi connectivity index (χ2n) is 5.57. The first kappa shape index (κ1) is 19.3. The zero-order valence-electron chi connectivity index (χ0n) is 15.7. The fraction of sp³-hybridized carbons (Fsp3) is 0.632. The van der Waals surface area contributed by atoms with E-state index in [4.69, 9.17) is 0 Å². The van der Waals surface area contributed by atoms with Crippen molar-refractivity contribution in [2.45, 2.75) is 74.1 Å². The molecule has 2 heterocycles. The number of carbonyl (C=O) groups is 1. The normalized spacial score (nSPS) is 19.1. The lowest BCUT2D eigenvalue weighted by atomic mass is 9.87. The van der Waals surface area contributed by atoms with Crippen molar-refractivity contribution in [1.82, 2.24) is 4.98 Å². The van der Waals surface area contributed by atoms with Crippen LogP contribution in [-0.4, -0.2) is 16.6 Å². The van der Waals surface area contributed by atoms with E-state index < -0.39 is 0 Å². The minimum Gasteiger partial charge on any atom is -0.272 e. The van der Waals surface area contributed by atoms with Gasteiger partial charge in [-0.3, -0.25) is 4.79 Å². The van der Waals surface area contributed by atoms with E-state index in [1.54, 1.807) is 0 Å². The molecule has 1 unspecified atom stereocenters. The van der Waals surface area contributed by atoms with Gasteiger partial charge in [-0.05, 0) is 51.2 Å². The number of aryl methyl sites for hydroxylation is 3. The Bertz CT molecular complexity index is 578. The predicted octanol–water partition coefficient (Wildman–Crippen LogP) is 4.95. The molecule has 1 amide bonds. The average molecular weight is 317 g/mol. The van der Waals surface area contributed by atoms with E-state index in [0.29, 0.717) is 5.82 Å². The molecule has 0 radical (unpaired) electrons. The van der Waals surface area contributed by atoms with Crippen molar-refractivity contribution < 1.29 is 4.79 Å². The summed E-state index contributed by atoms with van der Waals surface area (Å²) in [6, 6.07) is 2.08. The molecule has 23 heavy (non-hydrogen) atoms. The standard InChI is InChI=1S/C15H19N3O.2C2H6/c1-9-8-10(2)14(16-11(9)3)18-15(19)12-6-4-5-7-13(12)17-18;2*1-2/h8,12H,4-7H2,1-3H3;2*1-2H3. The molecule has 0 spiro atoms. The number of hydrogen-bond acceptors (Lipinski definition) is 3. The van der Waals surface area contributed by atoms with Crippen LogP contribution in [0.5, 0.6) is 0 Å². The summed E-state index contributed by atoms with van der Waals surface area (Å²) >= 11 is 0. The SMILES string of the molecule is CC.CC.Cc1cc(C)c(N2N=C3CCCCC3C2=O)nc1C. The molecule has 0 N–H and O–H groups in total. The first-order valence-corrected chi connectivity index (χ1v) is 8.94. The van der Waals surface area contributed by atoms with Gasteiger partial charge in [0.05, 0.1) is 11.6 Å². The van der Waals surface area contributed by atoms with E-state index in [-0.39, 0.29) is 11.8 Å². The molecule has 1 saturated carbocycles. The van der Waals surface area contributed by atoms with Crippen molar-refractivity contribution in [2.75, 3.05) is 5.01 Å². The van der Waals surface area contributed by atoms with E-state index in [1.165, 1.54) is 5.01 Å². The number of amides is 1. The van der Waals surface area contributed by atoms with Crippen LogP contribution in [0.3, 0.4) is 0 Å². The maximum atomic E-state index is 12.5. The number of pyridine rings is 1. The second kappa shape index (κ2) is 8.80. The highest BCUT2D eigenvalue weighted by molar-refractivity contribution is 6.15. The Morgan fingerprint density at radius 3 is 2.30 bits per heavy atom. The fourth-order valence-electron chi connectivity index (χ4n) is 2.90. The Morgan fingerprint density at radius 2 is 1.70 bits per heavy atom. The van der Waals surface area contributed by atoms with E-state index in [2.05, 4.69) is 16.2 Å². The highest BCUT2D eigenvalue weighted by Gasteiger charge is 2.38. The third-order valence-corrected chi connectivity index (χ3v) is 4.14. The summed E-state index contributed by atoms with van der Waals surface area (Å²) in [5, 5.41) is 6.07. The molecule has 0 bridgehead atoms. The molecule has 2 aliphatic rings. The minimum absolute atomic E-state index is 0.0107. The molecular weight excluding hydrogens is 286 g/mol. The molecule has 4 nitrogen and oxygen atoms in total. The summed E-state index contributed by atoms with van der Waals surface area (Å²) in [4.78, 5) is 17.0. The Kier molecular flexibility index (Phi) is 7.40. The van der Waals surface area contributed by atoms with Gasteiger partial charge in [0.1, 0.15) is 0 Å². The number of aromatic nitrogens is 1. The third kappa shape index (κ3) is 3.98. The van der Waals surface area contributed by atoms with Crippen LogP contribution in [0.25, 0.3) is 0 Å². The van der Waals surface area contributed by atoms with E-state index >= 15 is 0 Å². The molecule has 1 atom stereocenters. The Balaban J connectivity index is 0.000000615. The van der Waals surface area contributed by atoms with Gasteiger partial charge in [0, 0.05) is 5.69 Å². The monoisotopic (exact) mass is 317 g/mol. The fourth-order valence-corrected chi connectivity index (χ4v) is 2.90. The Morgan fingerprint density at radius 1 is 1.04 bits per heavy atom. The lowest BCUT2D eigenvalue weighted by Crippen LogP contribution is -2.30. The van der Waals surface area contributed by atoms with Gasteiger partial charge < -0.3 is 0 Å². The Labute approximate surface area is 141 Å². The van der Waals surface area contributed by atoms with Crippen molar-refractivity contribution in [3.8, 4) is 0 Å². The first-order valence-electron chi connectivity index (χ1n) is 8.94. The Hall–Kier alpha value is -1.71. The van der Waals surface area contributed by atoms with Crippen LogP contribution in [0.2, 0.25) is 0 Å². The summed E-state index contributed by atoms with van der Waals surface area (Å²) in [6.07, 6.45) is 4.17. The number of anilines is 1. The van der Waals surface area contributed by atoms with Crippen molar-refractivity contribution in [3.05, 3.63) is 22.9 Å². The summed E-state index contributed by atoms with van der Waals surface area (Å²) in [7, 11) is 0. The molecule has 1 aliphatic carbocycles. The molecule has 0 aromatic carbocycles. The molecule has 1 aromatic heterocycles. The summed E-state index contributed by atoms with van der Waals surface area (Å²) in [5.74, 6) is 0.820. The highest BCUT2D eigenvalue weighted by Crippen LogP contribution is 2.32. The van der Waals surface area contributed by atoms with E-state index in [1.807, 2.05) is 48.5 Å². The predicted molar refractivity (Wildman–Crippen MR) is 98.0 cm³/mol. The molecule has 1 aromatic rings. The van der Waals surface area contributed by atoms with Crippen LogP contribution < -0.4 is 5.01 Å².